The maximum absolute atomic E-state index is 13.1. The summed E-state index contributed by atoms with van der Waals surface area (Å²) in [7, 11) is 0. The molecule has 0 amide bonds. The largest absolute Gasteiger partial charge is 0.392 e. The number of nitrogens with one attached hydrogen (secondary N) is 1. The maximum Gasteiger partial charge on any atom is 0.171 e. The number of imidazole rings is 1. The molecular formula is C14H11FN2OS. The highest BCUT2D eigenvalue weighted by atomic mass is 32.2. The van der Waals surface area contributed by atoms with Gasteiger partial charge in [-0.25, -0.2) is 9.37 Å². The average molecular weight is 274 g/mol. The van der Waals surface area contributed by atoms with Crippen LogP contribution in [0.5, 0.6) is 0 Å². The summed E-state index contributed by atoms with van der Waals surface area (Å²) in [6, 6.07) is 12.1. The van der Waals surface area contributed by atoms with E-state index in [2.05, 4.69) is 9.97 Å². The summed E-state index contributed by atoms with van der Waals surface area (Å²) in [4.78, 5) is 8.42. The standard InChI is InChI=1S/C14H11FN2OS/c15-10-5-6-13(9(7-10)8-18)19-14-16-11-3-1-2-4-12(11)17-14/h1-7,18H,8H2,(H,16,17). The Hall–Kier alpha value is -1.85. The van der Waals surface area contributed by atoms with Crippen molar-refractivity contribution in [2.75, 3.05) is 0 Å². The van der Waals surface area contributed by atoms with Gasteiger partial charge in [0.2, 0.25) is 0 Å². The minimum atomic E-state index is -0.349. The summed E-state index contributed by atoms with van der Waals surface area (Å²) >= 11 is 1.38. The lowest BCUT2D eigenvalue weighted by molar-refractivity contribution is 0.278. The molecule has 0 aliphatic carbocycles. The summed E-state index contributed by atoms with van der Waals surface area (Å²) in [5.74, 6) is -0.349. The van der Waals surface area contributed by atoms with Crippen LogP contribution in [0.15, 0.2) is 52.5 Å². The number of aromatic amines is 1. The molecule has 5 heteroatoms. The van der Waals surface area contributed by atoms with E-state index in [1.807, 2.05) is 24.3 Å². The topological polar surface area (TPSA) is 48.9 Å². The van der Waals surface area contributed by atoms with E-state index in [0.29, 0.717) is 5.56 Å². The molecule has 0 aliphatic heterocycles. The van der Waals surface area contributed by atoms with E-state index in [1.165, 1.54) is 23.9 Å². The van der Waals surface area contributed by atoms with E-state index in [1.54, 1.807) is 6.07 Å². The molecule has 3 aromatic rings. The molecule has 0 aliphatic rings. The van der Waals surface area contributed by atoms with Crippen LogP contribution in [-0.4, -0.2) is 15.1 Å². The minimum absolute atomic E-state index is 0.194. The summed E-state index contributed by atoms with van der Waals surface area (Å²) in [6.45, 7) is -0.194. The Morgan fingerprint density at radius 1 is 1.21 bits per heavy atom. The number of aromatic nitrogens is 2. The van der Waals surface area contributed by atoms with Crippen molar-refractivity contribution in [1.82, 2.24) is 9.97 Å². The maximum atomic E-state index is 13.1. The SMILES string of the molecule is OCc1cc(F)ccc1Sc1nc2ccccc2[nH]1. The van der Waals surface area contributed by atoms with Gasteiger partial charge in [-0.1, -0.05) is 23.9 Å². The second kappa shape index (κ2) is 5.03. The van der Waals surface area contributed by atoms with Gasteiger partial charge < -0.3 is 10.1 Å². The fourth-order valence-corrected chi connectivity index (χ4v) is 2.76. The van der Waals surface area contributed by atoms with Crippen molar-refractivity contribution in [2.24, 2.45) is 0 Å². The first-order chi connectivity index (χ1) is 9.26. The number of nitrogens with zero attached hydrogens (tertiary/aromatic N) is 1. The Balaban J connectivity index is 1.96. The highest BCUT2D eigenvalue weighted by molar-refractivity contribution is 7.99. The van der Waals surface area contributed by atoms with Gasteiger partial charge in [-0.2, -0.15) is 0 Å². The van der Waals surface area contributed by atoms with Gasteiger partial charge in [0.15, 0.2) is 5.16 Å². The summed E-state index contributed by atoms with van der Waals surface area (Å²) < 4.78 is 13.1. The Morgan fingerprint density at radius 3 is 2.84 bits per heavy atom. The van der Waals surface area contributed by atoms with Crippen molar-refractivity contribution in [3.8, 4) is 0 Å². The number of H-pyrrole nitrogens is 1. The normalized spacial score (nSPS) is 11.1. The predicted octanol–water partition coefficient (Wildman–Crippen LogP) is 3.35. The molecule has 0 saturated heterocycles. The number of halogens is 1. The van der Waals surface area contributed by atoms with Gasteiger partial charge in [0.25, 0.3) is 0 Å². The number of rotatable bonds is 3. The summed E-state index contributed by atoms with van der Waals surface area (Å²) in [5.41, 5.74) is 2.40. The van der Waals surface area contributed by atoms with Crippen LogP contribution in [0.2, 0.25) is 0 Å². The van der Waals surface area contributed by atoms with E-state index in [-0.39, 0.29) is 12.4 Å². The third-order valence-corrected chi connectivity index (χ3v) is 3.77. The van der Waals surface area contributed by atoms with E-state index < -0.39 is 0 Å². The fourth-order valence-electron chi connectivity index (χ4n) is 1.85. The number of benzene rings is 2. The molecule has 19 heavy (non-hydrogen) atoms. The molecule has 0 bridgehead atoms. The third-order valence-electron chi connectivity index (χ3n) is 2.77. The average Bonchev–Trinajstić information content (AvgIpc) is 2.83. The van der Waals surface area contributed by atoms with Crippen LogP contribution in [0.1, 0.15) is 5.56 Å². The van der Waals surface area contributed by atoms with Crippen LogP contribution in [0.25, 0.3) is 11.0 Å². The van der Waals surface area contributed by atoms with E-state index in [9.17, 15) is 9.50 Å². The molecule has 0 unspecified atom stereocenters. The molecular weight excluding hydrogens is 263 g/mol. The van der Waals surface area contributed by atoms with Gasteiger partial charge in [-0.05, 0) is 35.9 Å². The van der Waals surface area contributed by atoms with E-state index in [0.717, 1.165) is 21.1 Å². The van der Waals surface area contributed by atoms with Crippen molar-refractivity contribution >= 4 is 22.8 Å². The minimum Gasteiger partial charge on any atom is -0.392 e. The van der Waals surface area contributed by atoms with Gasteiger partial charge in [0.1, 0.15) is 5.82 Å². The van der Waals surface area contributed by atoms with E-state index >= 15 is 0 Å². The molecule has 2 aromatic carbocycles. The molecule has 1 aromatic heterocycles. The summed E-state index contributed by atoms with van der Waals surface area (Å²) in [6.07, 6.45) is 0. The highest BCUT2D eigenvalue weighted by Crippen LogP contribution is 2.30. The van der Waals surface area contributed by atoms with Crippen molar-refractivity contribution in [1.29, 1.82) is 0 Å². The zero-order valence-electron chi connectivity index (χ0n) is 9.93. The van der Waals surface area contributed by atoms with Crippen molar-refractivity contribution < 1.29 is 9.50 Å². The highest BCUT2D eigenvalue weighted by Gasteiger charge is 2.08. The zero-order valence-corrected chi connectivity index (χ0v) is 10.7. The lowest BCUT2D eigenvalue weighted by Crippen LogP contribution is -1.89. The smallest absolute Gasteiger partial charge is 0.171 e. The molecule has 0 fully saturated rings. The number of hydrogen-bond acceptors (Lipinski definition) is 3. The Morgan fingerprint density at radius 2 is 2.05 bits per heavy atom. The van der Waals surface area contributed by atoms with Crippen molar-refractivity contribution in [3.05, 3.63) is 53.8 Å². The van der Waals surface area contributed by atoms with Crippen LogP contribution >= 0.6 is 11.8 Å². The second-order valence-corrected chi connectivity index (χ2v) is 5.10. The Labute approximate surface area is 113 Å². The molecule has 2 N–H and O–H groups in total. The van der Waals surface area contributed by atoms with Gasteiger partial charge in [0.05, 0.1) is 17.6 Å². The lowest BCUT2D eigenvalue weighted by atomic mass is 10.2. The summed E-state index contributed by atoms with van der Waals surface area (Å²) in [5, 5.41) is 9.97. The van der Waals surface area contributed by atoms with Crippen molar-refractivity contribution in [3.63, 3.8) is 0 Å². The van der Waals surface area contributed by atoms with Crippen LogP contribution in [0.3, 0.4) is 0 Å². The van der Waals surface area contributed by atoms with Gasteiger partial charge in [0, 0.05) is 4.90 Å². The van der Waals surface area contributed by atoms with Gasteiger partial charge in [-0.3, -0.25) is 0 Å². The number of aliphatic hydroxyl groups excluding tert-OH is 1. The van der Waals surface area contributed by atoms with Crippen LogP contribution in [-0.2, 0) is 6.61 Å². The molecule has 3 rings (SSSR count). The Kier molecular flexibility index (Phi) is 3.23. The first kappa shape index (κ1) is 12.2. The zero-order chi connectivity index (χ0) is 13.2. The molecule has 0 spiro atoms. The van der Waals surface area contributed by atoms with Crippen LogP contribution in [0, 0.1) is 5.82 Å². The molecule has 96 valence electrons. The quantitative estimate of drug-likeness (QED) is 0.770. The van der Waals surface area contributed by atoms with Gasteiger partial charge in [-0.15, -0.1) is 0 Å². The lowest BCUT2D eigenvalue weighted by Gasteiger charge is -2.04. The van der Waals surface area contributed by atoms with Gasteiger partial charge >= 0.3 is 0 Å². The first-order valence-electron chi connectivity index (χ1n) is 5.78. The second-order valence-electron chi connectivity index (χ2n) is 4.07. The molecule has 3 nitrogen and oxygen atoms in total. The number of aliphatic hydroxyl groups is 1. The number of para-hydroxylation sites is 2. The third kappa shape index (κ3) is 2.47. The number of fused-ring (bicyclic) bond motifs is 1. The van der Waals surface area contributed by atoms with Crippen LogP contribution in [0.4, 0.5) is 4.39 Å². The predicted molar refractivity (Wildman–Crippen MR) is 72.5 cm³/mol. The number of hydrogen-bond donors (Lipinski definition) is 2. The molecule has 1 heterocycles. The monoisotopic (exact) mass is 274 g/mol. The fraction of sp³-hybridized carbons (Fsp3) is 0.0714. The first-order valence-corrected chi connectivity index (χ1v) is 6.60. The molecule has 0 atom stereocenters. The Bertz CT molecular complexity index is 693. The molecule has 0 radical (unpaired) electrons. The van der Waals surface area contributed by atoms with Crippen molar-refractivity contribution in [2.45, 2.75) is 16.7 Å². The van der Waals surface area contributed by atoms with Crippen LogP contribution < -0.4 is 0 Å². The van der Waals surface area contributed by atoms with E-state index in [4.69, 9.17) is 0 Å². The molecule has 0 saturated carbocycles.